The lowest BCUT2D eigenvalue weighted by atomic mass is 9.98. The quantitative estimate of drug-likeness (QED) is 0.585. The van der Waals surface area contributed by atoms with E-state index in [0.29, 0.717) is 5.56 Å². The average Bonchev–Trinajstić information content (AvgIpc) is 3.05. The average molecular weight is 335 g/mol. The molecule has 0 atom stereocenters. The number of carbonyl (C=O) groups excluding carboxylic acids is 2. The van der Waals surface area contributed by atoms with Gasteiger partial charge in [-0.3, -0.25) is 0 Å². The maximum atomic E-state index is 12.4. The third kappa shape index (κ3) is 3.17. The highest BCUT2D eigenvalue weighted by Gasteiger charge is 2.23. The summed E-state index contributed by atoms with van der Waals surface area (Å²) in [5, 5.41) is 0.821. The van der Waals surface area contributed by atoms with Gasteiger partial charge >= 0.3 is 11.9 Å². The topological polar surface area (TPSA) is 68.4 Å². The summed E-state index contributed by atoms with van der Waals surface area (Å²) in [7, 11) is 2.55. The Bertz CT molecular complexity index is 954. The highest BCUT2D eigenvalue weighted by molar-refractivity contribution is 6.25. The molecule has 0 unspecified atom stereocenters. The van der Waals surface area contributed by atoms with Crippen molar-refractivity contribution < 1.29 is 19.1 Å². The molecule has 3 rings (SSSR count). The lowest BCUT2D eigenvalue weighted by Gasteiger charge is -2.08. The molecule has 0 saturated heterocycles. The van der Waals surface area contributed by atoms with Crippen LogP contribution in [0.2, 0.25) is 0 Å². The number of aromatic amines is 1. The Balaban J connectivity index is 2.34. The van der Waals surface area contributed by atoms with Crippen LogP contribution in [0.4, 0.5) is 0 Å². The predicted molar refractivity (Wildman–Crippen MR) is 95.7 cm³/mol. The van der Waals surface area contributed by atoms with E-state index in [4.69, 9.17) is 9.47 Å². The van der Waals surface area contributed by atoms with Crippen molar-refractivity contribution in [1.29, 1.82) is 0 Å². The number of hydrogen-bond donors (Lipinski definition) is 1. The van der Waals surface area contributed by atoms with Gasteiger partial charge in [-0.15, -0.1) is 0 Å². The first-order valence-electron chi connectivity index (χ1n) is 7.70. The van der Waals surface area contributed by atoms with Gasteiger partial charge in [-0.1, -0.05) is 48.5 Å². The van der Waals surface area contributed by atoms with Crippen LogP contribution in [0.1, 0.15) is 5.56 Å². The van der Waals surface area contributed by atoms with E-state index in [9.17, 15) is 9.59 Å². The van der Waals surface area contributed by atoms with Crippen molar-refractivity contribution in [2.45, 2.75) is 0 Å². The zero-order valence-electron chi connectivity index (χ0n) is 13.9. The smallest absolute Gasteiger partial charge is 0.338 e. The van der Waals surface area contributed by atoms with E-state index in [1.165, 1.54) is 14.2 Å². The molecule has 5 heteroatoms. The summed E-state index contributed by atoms with van der Waals surface area (Å²) in [6.45, 7) is 0. The molecule has 0 amide bonds. The second-order valence-corrected chi connectivity index (χ2v) is 5.36. The second kappa shape index (κ2) is 7.05. The molecule has 0 saturated carbocycles. The predicted octanol–water partition coefficient (Wildman–Crippen LogP) is 3.56. The minimum Gasteiger partial charge on any atom is -0.466 e. The number of nitrogens with one attached hydrogen (secondary N) is 1. The van der Waals surface area contributed by atoms with Crippen LogP contribution >= 0.6 is 0 Å². The largest absolute Gasteiger partial charge is 0.466 e. The Labute approximate surface area is 144 Å². The lowest BCUT2D eigenvalue weighted by molar-refractivity contribution is -0.136. The van der Waals surface area contributed by atoms with Gasteiger partial charge in [0, 0.05) is 22.5 Å². The van der Waals surface area contributed by atoms with Crippen molar-refractivity contribution in [3.05, 3.63) is 66.2 Å². The fourth-order valence-corrected chi connectivity index (χ4v) is 2.76. The number of hydrogen-bond acceptors (Lipinski definition) is 4. The molecule has 0 aliphatic rings. The third-order valence-corrected chi connectivity index (χ3v) is 3.91. The molecule has 1 heterocycles. The van der Waals surface area contributed by atoms with Gasteiger partial charge in [-0.25, -0.2) is 9.59 Å². The highest BCUT2D eigenvalue weighted by Crippen LogP contribution is 2.35. The molecule has 0 aliphatic heterocycles. The number of methoxy groups -OCH3 is 2. The first-order chi connectivity index (χ1) is 12.2. The second-order valence-electron chi connectivity index (χ2n) is 5.36. The van der Waals surface area contributed by atoms with Crippen LogP contribution in [0, 0.1) is 0 Å². The number of benzene rings is 2. The number of rotatable bonds is 4. The number of para-hydroxylation sites is 1. The van der Waals surface area contributed by atoms with Crippen molar-refractivity contribution >= 4 is 28.4 Å². The van der Waals surface area contributed by atoms with Gasteiger partial charge in [-0.05, 0) is 11.6 Å². The maximum Gasteiger partial charge on any atom is 0.338 e. The van der Waals surface area contributed by atoms with Crippen molar-refractivity contribution in [2.24, 2.45) is 0 Å². The molecule has 0 radical (unpaired) electrons. The van der Waals surface area contributed by atoms with Gasteiger partial charge in [0.25, 0.3) is 0 Å². The number of esters is 2. The SMILES string of the molecule is COC(=O)C=C(C(=O)OC)c1c(-c2ccccc2)[nH]c2ccccc12. The fourth-order valence-electron chi connectivity index (χ4n) is 2.76. The van der Waals surface area contributed by atoms with Gasteiger partial charge in [0.15, 0.2) is 0 Å². The molecule has 0 aliphatic carbocycles. The van der Waals surface area contributed by atoms with Gasteiger partial charge in [0.2, 0.25) is 0 Å². The van der Waals surface area contributed by atoms with Crippen LogP contribution in [0.5, 0.6) is 0 Å². The summed E-state index contributed by atoms with van der Waals surface area (Å²) in [6.07, 6.45) is 1.16. The first-order valence-corrected chi connectivity index (χ1v) is 7.70. The molecular weight excluding hydrogens is 318 g/mol. The molecule has 5 nitrogen and oxygen atoms in total. The van der Waals surface area contributed by atoms with Crippen LogP contribution in [-0.2, 0) is 19.1 Å². The van der Waals surface area contributed by atoms with Crippen molar-refractivity contribution in [2.75, 3.05) is 14.2 Å². The Morgan fingerprint density at radius 3 is 2.28 bits per heavy atom. The van der Waals surface area contributed by atoms with Crippen LogP contribution < -0.4 is 0 Å². The van der Waals surface area contributed by atoms with E-state index < -0.39 is 11.9 Å². The summed E-state index contributed by atoms with van der Waals surface area (Å²) in [5.41, 5.74) is 3.25. The molecule has 3 aromatic rings. The molecule has 25 heavy (non-hydrogen) atoms. The minimum absolute atomic E-state index is 0.144. The third-order valence-electron chi connectivity index (χ3n) is 3.91. The zero-order valence-corrected chi connectivity index (χ0v) is 13.9. The van der Waals surface area contributed by atoms with Crippen molar-refractivity contribution in [1.82, 2.24) is 4.98 Å². The number of carbonyl (C=O) groups is 2. The molecule has 126 valence electrons. The monoisotopic (exact) mass is 335 g/mol. The Morgan fingerprint density at radius 2 is 1.60 bits per heavy atom. The molecular formula is C20H17NO4. The van der Waals surface area contributed by atoms with E-state index in [0.717, 1.165) is 28.2 Å². The van der Waals surface area contributed by atoms with Gasteiger partial charge in [0.1, 0.15) is 0 Å². The number of aromatic nitrogens is 1. The van der Waals surface area contributed by atoms with Crippen LogP contribution in [0.25, 0.3) is 27.7 Å². The Morgan fingerprint density at radius 1 is 0.920 bits per heavy atom. The zero-order chi connectivity index (χ0) is 17.8. The number of fused-ring (bicyclic) bond motifs is 1. The van der Waals surface area contributed by atoms with Crippen molar-refractivity contribution in [3.63, 3.8) is 0 Å². The normalized spacial score (nSPS) is 11.4. The van der Waals surface area contributed by atoms with E-state index in [1.807, 2.05) is 54.6 Å². The Hall–Kier alpha value is -3.34. The number of H-pyrrole nitrogens is 1. The summed E-state index contributed by atoms with van der Waals surface area (Å²) in [6, 6.07) is 17.2. The van der Waals surface area contributed by atoms with E-state index in [2.05, 4.69) is 4.98 Å². The molecule has 2 aromatic carbocycles. The van der Waals surface area contributed by atoms with Crippen molar-refractivity contribution in [3.8, 4) is 11.3 Å². The van der Waals surface area contributed by atoms with Crippen LogP contribution in [0.15, 0.2) is 60.7 Å². The van der Waals surface area contributed by atoms with Gasteiger partial charge in [0.05, 0.1) is 25.5 Å². The Kier molecular flexibility index (Phi) is 4.66. The standard InChI is InChI=1S/C20H17NO4/c1-24-17(22)12-15(20(23)25-2)18-14-10-6-7-11-16(14)21-19(18)13-8-4-3-5-9-13/h3-12,21H,1-2H3. The van der Waals surface area contributed by atoms with E-state index in [1.54, 1.807) is 0 Å². The minimum atomic E-state index is -0.621. The van der Waals surface area contributed by atoms with Gasteiger partial charge in [-0.2, -0.15) is 0 Å². The summed E-state index contributed by atoms with van der Waals surface area (Å²) >= 11 is 0. The van der Waals surface area contributed by atoms with Gasteiger partial charge < -0.3 is 14.5 Å². The molecule has 0 spiro atoms. The lowest BCUT2D eigenvalue weighted by Crippen LogP contribution is -2.08. The van der Waals surface area contributed by atoms with Crippen LogP contribution in [-0.4, -0.2) is 31.1 Å². The highest BCUT2D eigenvalue weighted by atomic mass is 16.5. The molecule has 1 aromatic heterocycles. The molecule has 0 bridgehead atoms. The maximum absolute atomic E-state index is 12.4. The fraction of sp³-hybridized carbons (Fsp3) is 0.100. The summed E-state index contributed by atoms with van der Waals surface area (Å²) in [5.74, 6) is -1.22. The van der Waals surface area contributed by atoms with Crippen LogP contribution in [0.3, 0.4) is 0 Å². The first kappa shape index (κ1) is 16.5. The molecule has 1 N–H and O–H groups in total. The summed E-state index contributed by atoms with van der Waals surface area (Å²) < 4.78 is 9.59. The summed E-state index contributed by atoms with van der Waals surface area (Å²) in [4.78, 5) is 27.5. The van der Waals surface area contributed by atoms with E-state index >= 15 is 0 Å². The van der Waals surface area contributed by atoms with E-state index in [-0.39, 0.29) is 5.57 Å². The number of ether oxygens (including phenoxy) is 2. The molecule has 0 fully saturated rings.